The number of anilines is 1. The smallest absolute Gasteiger partial charge is 0.161 e. The van der Waals surface area contributed by atoms with Gasteiger partial charge in [0.05, 0.1) is 26.1 Å². The summed E-state index contributed by atoms with van der Waals surface area (Å²) >= 11 is 0. The summed E-state index contributed by atoms with van der Waals surface area (Å²) < 4.78 is 12.5. The lowest BCUT2D eigenvalue weighted by Gasteiger charge is -2.12. The van der Waals surface area contributed by atoms with Gasteiger partial charge in [0.2, 0.25) is 0 Å². The minimum atomic E-state index is 0.178. The number of hydrogen-bond acceptors (Lipinski definition) is 6. The van der Waals surface area contributed by atoms with Gasteiger partial charge in [-0.25, -0.2) is 4.98 Å². The molecule has 0 saturated heterocycles. The Balaban J connectivity index is 2.16. The highest BCUT2D eigenvalue weighted by atomic mass is 16.5. The number of pyridine rings is 1. The van der Waals surface area contributed by atoms with Gasteiger partial charge < -0.3 is 15.2 Å². The predicted molar refractivity (Wildman–Crippen MR) is 104 cm³/mol. The Hall–Kier alpha value is -3.53. The van der Waals surface area contributed by atoms with E-state index < -0.39 is 0 Å². The number of nitrogens with two attached hydrogens (primary N) is 1. The normalized spacial score (nSPS) is 10.7. The fraction of sp³-hybridized carbons (Fsp3) is 0.250. The van der Waals surface area contributed by atoms with Crippen LogP contribution in [-0.2, 0) is 0 Å². The third-order valence-electron chi connectivity index (χ3n) is 4.28. The number of methoxy groups -OCH3 is 2. The van der Waals surface area contributed by atoms with Gasteiger partial charge in [0.25, 0.3) is 0 Å². The minimum Gasteiger partial charge on any atom is -0.493 e. The lowest BCUT2D eigenvalue weighted by molar-refractivity contribution is 0.355. The fourth-order valence-electron chi connectivity index (χ4n) is 2.81. The minimum absolute atomic E-state index is 0.178. The lowest BCUT2D eigenvalue weighted by Crippen LogP contribution is -2.01. The maximum Gasteiger partial charge on any atom is 0.161 e. The Morgan fingerprint density at radius 1 is 1.11 bits per heavy atom. The fourth-order valence-corrected chi connectivity index (χ4v) is 2.81. The SMILES string of the molecule is COc1ccc(-c2cc(-c3cnn(C(C)C)c3)c(C#N)c(N)n2)cc1OC. The molecular formula is C20H21N5O2. The highest BCUT2D eigenvalue weighted by Crippen LogP contribution is 2.35. The third kappa shape index (κ3) is 3.42. The van der Waals surface area contributed by atoms with Gasteiger partial charge in [-0.2, -0.15) is 10.4 Å². The zero-order valence-electron chi connectivity index (χ0n) is 15.7. The molecule has 2 aromatic heterocycles. The van der Waals surface area contributed by atoms with E-state index in [1.807, 2.05) is 42.9 Å². The first kappa shape index (κ1) is 18.3. The number of nitrogens with zero attached hydrogens (tertiary/aromatic N) is 4. The van der Waals surface area contributed by atoms with Gasteiger partial charge in [0, 0.05) is 28.9 Å². The average Bonchev–Trinajstić information content (AvgIpc) is 3.17. The van der Waals surface area contributed by atoms with E-state index in [9.17, 15) is 5.26 Å². The molecule has 7 nitrogen and oxygen atoms in total. The number of rotatable bonds is 5. The van der Waals surface area contributed by atoms with E-state index in [0.29, 0.717) is 28.3 Å². The highest BCUT2D eigenvalue weighted by molar-refractivity contribution is 5.80. The van der Waals surface area contributed by atoms with Crippen LogP contribution in [0.2, 0.25) is 0 Å². The summed E-state index contributed by atoms with van der Waals surface area (Å²) in [4.78, 5) is 4.40. The zero-order valence-corrected chi connectivity index (χ0v) is 15.7. The summed E-state index contributed by atoms with van der Waals surface area (Å²) in [6, 6.07) is 9.72. The van der Waals surface area contributed by atoms with Gasteiger partial charge in [-0.3, -0.25) is 4.68 Å². The summed E-state index contributed by atoms with van der Waals surface area (Å²) in [6.07, 6.45) is 3.63. The molecule has 0 atom stereocenters. The van der Waals surface area contributed by atoms with Crippen LogP contribution in [0.3, 0.4) is 0 Å². The molecule has 27 heavy (non-hydrogen) atoms. The number of nitriles is 1. The van der Waals surface area contributed by atoms with E-state index in [0.717, 1.165) is 11.1 Å². The number of hydrogen-bond donors (Lipinski definition) is 1. The van der Waals surface area contributed by atoms with E-state index in [4.69, 9.17) is 15.2 Å². The summed E-state index contributed by atoms with van der Waals surface area (Å²) in [7, 11) is 3.16. The van der Waals surface area contributed by atoms with E-state index in [1.54, 1.807) is 26.5 Å². The summed E-state index contributed by atoms with van der Waals surface area (Å²) in [5, 5.41) is 13.9. The zero-order chi connectivity index (χ0) is 19.6. The monoisotopic (exact) mass is 363 g/mol. The van der Waals surface area contributed by atoms with E-state index in [1.165, 1.54) is 0 Å². The quantitative estimate of drug-likeness (QED) is 0.742. The van der Waals surface area contributed by atoms with Crippen molar-refractivity contribution in [2.45, 2.75) is 19.9 Å². The van der Waals surface area contributed by atoms with Crippen molar-refractivity contribution in [3.8, 4) is 40.0 Å². The molecule has 3 aromatic rings. The Morgan fingerprint density at radius 3 is 2.44 bits per heavy atom. The van der Waals surface area contributed by atoms with Crippen molar-refractivity contribution in [2.75, 3.05) is 20.0 Å². The molecule has 7 heteroatoms. The molecule has 0 bridgehead atoms. The van der Waals surface area contributed by atoms with Gasteiger partial charge in [0.15, 0.2) is 11.5 Å². The summed E-state index contributed by atoms with van der Waals surface area (Å²) in [5.41, 5.74) is 9.38. The topological polar surface area (TPSA) is 99.0 Å². The molecule has 3 rings (SSSR count). The van der Waals surface area contributed by atoms with Crippen LogP contribution in [-0.4, -0.2) is 29.0 Å². The van der Waals surface area contributed by atoms with Crippen molar-refractivity contribution >= 4 is 5.82 Å². The lowest BCUT2D eigenvalue weighted by atomic mass is 10.0. The van der Waals surface area contributed by atoms with Crippen LogP contribution >= 0.6 is 0 Å². The van der Waals surface area contributed by atoms with Crippen LogP contribution in [0.25, 0.3) is 22.4 Å². The molecule has 0 fully saturated rings. The molecular weight excluding hydrogens is 342 g/mol. The molecule has 1 aromatic carbocycles. The van der Waals surface area contributed by atoms with Crippen LogP contribution in [0.4, 0.5) is 5.82 Å². The number of benzene rings is 1. The Bertz CT molecular complexity index is 1020. The first-order chi connectivity index (χ1) is 13.0. The first-order valence-electron chi connectivity index (χ1n) is 8.46. The van der Waals surface area contributed by atoms with Crippen molar-refractivity contribution in [1.82, 2.24) is 14.8 Å². The second-order valence-corrected chi connectivity index (χ2v) is 6.30. The van der Waals surface area contributed by atoms with Gasteiger partial charge in [-0.15, -0.1) is 0 Å². The van der Waals surface area contributed by atoms with E-state index in [2.05, 4.69) is 16.2 Å². The van der Waals surface area contributed by atoms with Crippen LogP contribution in [0.15, 0.2) is 36.7 Å². The summed E-state index contributed by atoms with van der Waals surface area (Å²) in [5.74, 6) is 1.40. The van der Waals surface area contributed by atoms with Crippen LogP contribution in [0.5, 0.6) is 11.5 Å². The molecule has 2 N–H and O–H groups in total. The molecule has 0 unspecified atom stereocenters. The number of ether oxygens (including phenoxy) is 2. The Kier molecular flexibility index (Phi) is 4.99. The van der Waals surface area contributed by atoms with E-state index >= 15 is 0 Å². The largest absolute Gasteiger partial charge is 0.493 e. The van der Waals surface area contributed by atoms with Gasteiger partial charge in [0.1, 0.15) is 17.5 Å². The Labute approximate surface area is 158 Å². The third-order valence-corrected chi connectivity index (χ3v) is 4.28. The predicted octanol–water partition coefficient (Wildman–Crippen LogP) is 3.66. The maximum atomic E-state index is 9.55. The van der Waals surface area contributed by atoms with Gasteiger partial charge in [-0.1, -0.05) is 0 Å². The van der Waals surface area contributed by atoms with Crippen molar-refractivity contribution in [3.05, 3.63) is 42.2 Å². The summed E-state index contributed by atoms with van der Waals surface area (Å²) in [6.45, 7) is 4.08. The molecule has 0 radical (unpaired) electrons. The number of aromatic nitrogens is 3. The molecule has 2 heterocycles. The van der Waals surface area contributed by atoms with Crippen molar-refractivity contribution in [3.63, 3.8) is 0 Å². The first-order valence-corrected chi connectivity index (χ1v) is 8.46. The molecule has 0 aliphatic carbocycles. The van der Waals surface area contributed by atoms with Crippen LogP contribution in [0, 0.1) is 11.3 Å². The van der Waals surface area contributed by atoms with Crippen molar-refractivity contribution in [2.24, 2.45) is 0 Å². The second kappa shape index (κ2) is 7.38. The van der Waals surface area contributed by atoms with E-state index in [-0.39, 0.29) is 11.9 Å². The molecule has 0 amide bonds. The highest BCUT2D eigenvalue weighted by Gasteiger charge is 2.16. The van der Waals surface area contributed by atoms with Crippen LogP contribution in [0.1, 0.15) is 25.5 Å². The average molecular weight is 363 g/mol. The molecule has 138 valence electrons. The second-order valence-electron chi connectivity index (χ2n) is 6.30. The maximum absolute atomic E-state index is 9.55. The van der Waals surface area contributed by atoms with Gasteiger partial charge in [-0.05, 0) is 38.1 Å². The number of nitrogen functional groups attached to an aromatic ring is 1. The van der Waals surface area contributed by atoms with Crippen LogP contribution < -0.4 is 15.2 Å². The molecule has 0 aliphatic rings. The molecule has 0 saturated carbocycles. The molecule has 0 aliphatic heterocycles. The standard InChI is InChI=1S/C20H21N5O2/c1-12(2)25-11-14(10-23-25)15-8-17(24-20(22)16(15)9-21)13-5-6-18(26-3)19(7-13)27-4/h5-8,10-12H,1-4H3,(H2,22,24). The Morgan fingerprint density at radius 2 is 1.85 bits per heavy atom. The molecule has 0 spiro atoms. The van der Waals surface area contributed by atoms with Gasteiger partial charge >= 0.3 is 0 Å². The van der Waals surface area contributed by atoms with Crippen molar-refractivity contribution in [1.29, 1.82) is 5.26 Å². The van der Waals surface area contributed by atoms with Crippen molar-refractivity contribution < 1.29 is 9.47 Å².